The van der Waals surface area contributed by atoms with Crippen molar-refractivity contribution in [1.29, 1.82) is 0 Å². The lowest BCUT2D eigenvalue weighted by Gasteiger charge is -2.42. The molecule has 2 fully saturated rings. The fraction of sp³-hybridized carbons (Fsp3) is 0.941. The summed E-state index contributed by atoms with van der Waals surface area (Å²) in [6, 6.07) is 1.33. The highest BCUT2D eigenvalue weighted by molar-refractivity contribution is 5.78. The average Bonchev–Trinajstić information content (AvgIpc) is 2.50. The van der Waals surface area contributed by atoms with E-state index in [9.17, 15) is 0 Å². The molecule has 0 unspecified atom stereocenters. The van der Waals surface area contributed by atoms with Crippen molar-refractivity contribution in [2.75, 3.05) is 6.54 Å². The zero-order chi connectivity index (χ0) is 14.2. The highest BCUT2D eigenvalue weighted by atomic mass is 15.3. The average molecular weight is 279 g/mol. The van der Waals surface area contributed by atoms with Gasteiger partial charge in [-0.2, -0.15) is 0 Å². The highest BCUT2D eigenvalue weighted by Gasteiger charge is 2.30. The van der Waals surface area contributed by atoms with E-state index in [1.165, 1.54) is 70.6 Å². The van der Waals surface area contributed by atoms with Crippen LogP contribution in [0.2, 0.25) is 0 Å². The minimum Gasteiger partial charge on any atom is -0.370 e. The third-order valence-electron chi connectivity index (χ3n) is 4.99. The number of nitrogens with zero attached hydrogens (tertiary/aromatic N) is 2. The first kappa shape index (κ1) is 15.7. The molecule has 3 heteroatoms. The molecule has 0 aliphatic heterocycles. The Bertz CT molecular complexity index is 271. The van der Waals surface area contributed by atoms with Crippen LogP contribution in [0.15, 0.2) is 4.99 Å². The number of rotatable bonds is 5. The van der Waals surface area contributed by atoms with Gasteiger partial charge in [-0.1, -0.05) is 51.9 Å². The molecule has 0 bridgehead atoms. The first-order valence-corrected chi connectivity index (χ1v) is 8.91. The normalized spacial score (nSPS) is 22.9. The number of hydrogen-bond acceptors (Lipinski definition) is 1. The van der Waals surface area contributed by atoms with Crippen LogP contribution < -0.4 is 5.73 Å². The molecular weight excluding hydrogens is 246 g/mol. The summed E-state index contributed by atoms with van der Waals surface area (Å²) in [6.07, 6.45) is 15.9. The van der Waals surface area contributed by atoms with Gasteiger partial charge in [0.2, 0.25) is 0 Å². The van der Waals surface area contributed by atoms with E-state index < -0.39 is 0 Å². The molecule has 0 aromatic heterocycles. The third-order valence-corrected chi connectivity index (χ3v) is 4.99. The Hall–Kier alpha value is -0.730. The van der Waals surface area contributed by atoms with Crippen LogP contribution in [0.1, 0.15) is 84.0 Å². The molecule has 2 rings (SSSR count). The maximum atomic E-state index is 6.40. The van der Waals surface area contributed by atoms with Crippen LogP contribution in [0.25, 0.3) is 0 Å². The molecule has 0 amide bonds. The quantitative estimate of drug-likeness (QED) is 0.468. The fourth-order valence-corrected chi connectivity index (χ4v) is 3.82. The Kier molecular flexibility index (Phi) is 6.68. The van der Waals surface area contributed by atoms with Crippen LogP contribution in [-0.2, 0) is 0 Å². The minimum absolute atomic E-state index is 0.664. The Labute approximate surface area is 125 Å². The van der Waals surface area contributed by atoms with Crippen molar-refractivity contribution < 1.29 is 0 Å². The number of hydrogen-bond donors (Lipinski definition) is 1. The molecular formula is C17H33N3. The number of nitrogens with two attached hydrogens (primary N) is 1. The molecule has 0 heterocycles. The van der Waals surface area contributed by atoms with Crippen LogP contribution in [0.3, 0.4) is 0 Å². The largest absolute Gasteiger partial charge is 0.370 e. The van der Waals surface area contributed by atoms with E-state index in [1.807, 2.05) is 0 Å². The lowest BCUT2D eigenvalue weighted by atomic mass is 9.89. The zero-order valence-corrected chi connectivity index (χ0v) is 13.3. The third kappa shape index (κ3) is 4.39. The van der Waals surface area contributed by atoms with E-state index in [0.29, 0.717) is 12.1 Å². The molecule has 2 aliphatic rings. The smallest absolute Gasteiger partial charge is 0.191 e. The van der Waals surface area contributed by atoms with Crippen molar-refractivity contribution >= 4 is 5.96 Å². The van der Waals surface area contributed by atoms with Gasteiger partial charge in [-0.3, -0.25) is 4.99 Å². The maximum Gasteiger partial charge on any atom is 0.191 e. The first-order valence-electron chi connectivity index (χ1n) is 8.91. The molecule has 0 saturated heterocycles. The second kappa shape index (κ2) is 8.53. The van der Waals surface area contributed by atoms with Crippen LogP contribution in [0.5, 0.6) is 0 Å². The lowest BCUT2D eigenvalue weighted by Crippen LogP contribution is -2.52. The highest BCUT2D eigenvalue weighted by Crippen LogP contribution is 2.29. The first-order chi connectivity index (χ1) is 9.83. The predicted molar refractivity (Wildman–Crippen MR) is 87.0 cm³/mol. The molecule has 0 atom stereocenters. The van der Waals surface area contributed by atoms with Gasteiger partial charge in [-0.15, -0.1) is 0 Å². The summed E-state index contributed by atoms with van der Waals surface area (Å²) < 4.78 is 0. The Morgan fingerprint density at radius 2 is 1.45 bits per heavy atom. The van der Waals surface area contributed by atoms with E-state index in [4.69, 9.17) is 5.73 Å². The van der Waals surface area contributed by atoms with Crippen LogP contribution in [0.4, 0.5) is 0 Å². The number of unbranched alkanes of at least 4 members (excludes halogenated alkanes) is 1. The summed E-state index contributed by atoms with van der Waals surface area (Å²) in [5.41, 5.74) is 6.40. The summed E-state index contributed by atoms with van der Waals surface area (Å²) in [4.78, 5) is 7.22. The molecule has 116 valence electrons. The van der Waals surface area contributed by atoms with Crippen molar-refractivity contribution in [3.05, 3.63) is 0 Å². The molecule has 3 nitrogen and oxygen atoms in total. The van der Waals surface area contributed by atoms with E-state index >= 15 is 0 Å². The topological polar surface area (TPSA) is 41.6 Å². The number of guanidine groups is 1. The van der Waals surface area contributed by atoms with Crippen molar-refractivity contribution in [3.8, 4) is 0 Å². The van der Waals surface area contributed by atoms with Gasteiger partial charge in [0, 0.05) is 18.6 Å². The minimum atomic E-state index is 0.664. The number of aliphatic imine (C=N–C) groups is 1. The summed E-state index contributed by atoms with van der Waals surface area (Å²) in [5, 5.41) is 0. The van der Waals surface area contributed by atoms with Gasteiger partial charge in [-0.25, -0.2) is 0 Å². The van der Waals surface area contributed by atoms with Crippen LogP contribution in [-0.4, -0.2) is 29.5 Å². The van der Waals surface area contributed by atoms with Crippen LogP contribution >= 0.6 is 0 Å². The summed E-state index contributed by atoms with van der Waals surface area (Å²) >= 11 is 0. The van der Waals surface area contributed by atoms with Crippen molar-refractivity contribution in [2.24, 2.45) is 10.7 Å². The van der Waals surface area contributed by atoms with Crippen LogP contribution in [0, 0.1) is 0 Å². The van der Waals surface area contributed by atoms with Crippen molar-refractivity contribution in [1.82, 2.24) is 4.90 Å². The SMILES string of the molecule is CCCCN=C(N)N(C1CCCCC1)C1CCCCC1. The summed E-state index contributed by atoms with van der Waals surface area (Å²) in [7, 11) is 0. The van der Waals surface area contributed by atoms with Gasteiger partial charge in [-0.05, 0) is 32.1 Å². The van der Waals surface area contributed by atoms with E-state index in [2.05, 4.69) is 16.8 Å². The maximum absolute atomic E-state index is 6.40. The summed E-state index contributed by atoms with van der Waals surface area (Å²) in [6.45, 7) is 3.12. The fourth-order valence-electron chi connectivity index (χ4n) is 3.82. The van der Waals surface area contributed by atoms with Crippen molar-refractivity contribution in [2.45, 2.75) is 96.1 Å². The molecule has 0 spiro atoms. The van der Waals surface area contributed by atoms with Gasteiger partial charge in [0.1, 0.15) is 0 Å². The summed E-state index contributed by atoms with van der Waals surface area (Å²) in [5.74, 6) is 0.845. The molecule has 20 heavy (non-hydrogen) atoms. The van der Waals surface area contributed by atoms with Gasteiger partial charge < -0.3 is 10.6 Å². The Morgan fingerprint density at radius 3 is 1.90 bits per heavy atom. The van der Waals surface area contributed by atoms with Gasteiger partial charge in [0.05, 0.1) is 0 Å². The second-order valence-corrected chi connectivity index (χ2v) is 6.58. The van der Waals surface area contributed by atoms with Gasteiger partial charge >= 0.3 is 0 Å². The van der Waals surface area contributed by atoms with E-state index in [0.717, 1.165) is 18.9 Å². The molecule has 2 aliphatic carbocycles. The van der Waals surface area contributed by atoms with Gasteiger partial charge in [0.25, 0.3) is 0 Å². The monoisotopic (exact) mass is 279 g/mol. The standard InChI is InChI=1S/C17H33N3/c1-2-3-14-19-17(18)20(15-10-6-4-7-11-15)16-12-8-5-9-13-16/h15-16H,2-14H2,1H3,(H2,18,19). The predicted octanol–water partition coefficient (Wildman–Crippen LogP) is 4.07. The second-order valence-electron chi connectivity index (χ2n) is 6.58. The Balaban J connectivity index is 2.03. The van der Waals surface area contributed by atoms with E-state index in [1.54, 1.807) is 0 Å². The van der Waals surface area contributed by atoms with Crippen molar-refractivity contribution in [3.63, 3.8) is 0 Å². The molecule has 0 aromatic carbocycles. The Morgan fingerprint density at radius 1 is 0.950 bits per heavy atom. The molecule has 2 N–H and O–H groups in total. The zero-order valence-electron chi connectivity index (χ0n) is 13.3. The molecule has 2 saturated carbocycles. The molecule has 0 aromatic rings. The van der Waals surface area contributed by atoms with Gasteiger partial charge in [0.15, 0.2) is 5.96 Å². The van der Waals surface area contributed by atoms with E-state index in [-0.39, 0.29) is 0 Å². The molecule has 0 radical (unpaired) electrons. The lowest BCUT2D eigenvalue weighted by molar-refractivity contribution is 0.155.